The Hall–Kier alpha value is -2.12. The van der Waals surface area contributed by atoms with Gasteiger partial charge in [-0.1, -0.05) is 0 Å². The topological polar surface area (TPSA) is 88.7 Å². The van der Waals surface area contributed by atoms with Crippen molar-refractivity contribution in [2.45, 2.75) is 6.04 Å². The van der Waals surface area contributed by atoms with E-state index < -0.39 is 12.0 Å². The monoisotopic (exact) mass is 293 g/mol. The summed E-state index contributed by atoms with van der Waals surface area (Å²) >= 11 is 1.35. The first-order chi connectivity index (χ1) is 9.52. The number of hydrogen-bond acceptors (Lipinski definition) is 6. The Bertz CT molecular complexity index is 597. The molecule has 2 aromatic rings. The molecule has 1 unspecified atom stereocenters. The third kappa shape index (κ3) is 2.89. The van der Waals surface area contributed by atoms with Gasteiger partial charge in [0.2, 0.25) is 0 Å². The predicted molar refractivity (Wildman–Crippen MR) is 77.7 cm³/mol. The molecule has 106 valence electrons. The van der Waals surface area contributed by atoms with Crippen LogP contribution in [0.4, 0.5) is 10.8 Å². The molecule has 0 saturated carbocycles. The maximum absolute atomic E-state index is 10.8. The highest BCUT2D eigenvalue weighted by atomic mass is 32.1. The summed E-state index contributed by atoms with van der Waals surface area (Å²) in [5.41, 5.74) is 6.82. The molecule has 7 heteroatoms. The number of aromatic nitrogens is 1. The van der Waals surface area contributed by atoms with Gasteiger partial charge in [-0.3, -0.25) is 4.79 Å². The molecular formula is C13H15N3O3S. The summed E-state index contributed by atoms with van der Waals surface area (Å²) in [6, 6.07) is 6.41. The van der Waals surface area contributed by atoms with Crippen LogP contribution in [-0.4, -0.2) is 30.2 Å². The summed E-state index contributed by atoms with van der Waals surface area (Å²) in [5.74, 6) is -0.316. The molecule has 0 aliphatic heterocycles. The highest BCUT2D eigenvalue weighted by molar-refractivity contribution is 7.13. The van der Waals surface area contributed by atoms with Gasteiger partial charge in [0.1, 0.15) is 11.8 Å². The molecule has 1 atom stereocenters. The number of aliphatic carboxylic acids is 1. The van der Waals surface area contributed by atoms with Crippen molar-refractivity contribution >= 4 is 28.1 Å². The number of anilines is 2. The van der Waals surface area contributed by atoms with E-state index in [1.807, 2.05) is 36.2 Å². The molecule has 3 N–H and O–H groups in total. The molecule has 20 heavy (non-hydrogen) atoms. The Kier molecular flexibility index (Phi) is 4.21. The predicted octanol–water partition coefficient (Wildman–Crippen LogP) is 2.00. The van der Waals surface area contributed by atoms with Gasteiger partial charge in [-0.25, -0.2) is 4.98 Å². The number of rotatable bonds is 5. The van der Waals surface area contributed by atoms with Crippen molar-refractivity contribution in [1.82, 2.24) is 4.98 Å². The fourth-order valence-corrected chi connectivity index (χ4v) is 2.46. The second-order valence-corrected chi connectivity index (χ2v) is 4.96. The van der Waals surface area contributed by atoms with Gasteiger partial charge in [-0.15, -0.1) is 11.3 Å². The average Bonchev–Trinajstić information content (AvgIpc) is 2.95. The molecule has 0 amide bonds. The van der Waals surface area contributed by atoms with Crippen LogP contribution in [0.5, 0.6) is 5.75 Å². The van der Waals surface area contributed by atoms with E-state index in [2.05, 4.69) is 4.98 Å². The molecule has 0 radical (unpaired) electrons. The molecular weight excluding hydrogens is 278 g/mol. The first-order valence-corrected chi connectivity index (χ1v) is 6.72. The highest BCUT2D eigenvalue weighted by Gasteiger charge is 2.19. The van der Waals surface area contributed by atoms with Crippen molar-refractivity contribution in [3.63, 3.8) is 0 Å². The van der Waals surface area contributed by atoms with Crippen LogP contribution < -0.4 is 15.4 Å². The van der Waals surface area contributed by atoms with Gasteiger partial charge >= 0.3 is 5.97 Å². The molecule has 0 saturated heterocycles. The zero-order valence-corrected chi connectivity index (χ0v) is 11.9. The zero-order chi connectivity index (χ0) is 14.7. The first-order valence-electron chi connectivity index (χ1n) is 5.84. The Morgan fingerprint density at radius 3 is 2.65 bits per heavy atom. The van der Waals surface area contributed by atoms with E-state index in [9.17, 15) is 4.79 Å². The smallest absolute Gasteiger partial charge is 0.326 e. The summed E-state index contributed by atoms with van der Waals surface area (Å²) in [7, 11) is 3.47. The summed E-state index contributed by atoms with van der Waals surface area (Å²) < 4.78 is 5.10. The molecule has 6 nitrogen and oxygen atoms in total. The highest BCUT2D eigenvalue weighted by Crippen LogP contribution is 2.29. The van der Waals surface area contributed by atoms with Gasteiger partial charge in [0.25, 0.3) is 0 Å². The number of carboxylic acid groups (broad SMARTS) is 1. The van der Waals surface area contributed by atoms with Gasteiger partial charge in [-0.05, 0) is 24.3 Å². The van der Waals surface area contributed by atoms with Crippen molar-refractivity contribution in [2.24, 2.45) is 5.73 Å². The number of carboxylic acids is 1. The molecule has 1 heterocycles. The number of nitrogens with two attached hydrogens (primary N) is 1. The van der Waals surface area contributed by atoms with Gasteiger partial charge < -0.3 is 20.5 Å². The fraction of sp³-hybridized carbons (Fsp3) is 0.231. The minimum absolute atomic E-state index is 0.359. The minimum atomic E-state index is -1.09. The quantitative estimate of drug-likeness (QED) is 0.876. The van der Waals surface area contributed by atoms with Crippen molar-refractivity contribution in [1.29, 1.82) is 0 Å². The summed E-state index contributed by atoms with van der Waals surface area (Å²) in [6.07, 6.45) is 0. The Balaban J connectivity index is 2.20. The lowest BCUT2D eigenvalue weighted by Crippen LogP contribution is -2.21. The van der Waals surface area contributed by atoms with Gasteiger partial charge in [0, 0.05) is 18.1 Å². The zero-order valence-electron chi connectivity index (χ0n) is 11.1. The number of thiazole rings is 1. The third-order valence-corrected chi connectivity index (χ3v) is 3.78. The molecule has 0 bridgehead atoms. The maximum Gasteiger partial charge on any atom is 0.326 e. The lowest BCUT2D eigenvalue weighted by Gasteiger charge is -2.16. The van der Waals surface area contributed by atoms with Crippen LogP contribution >= 0.6 is 11.3 Å². The number of nitrogens with zero attached hydrogens (tertiary/aromatic N) is 2. The number of carbonyl (C=O) groups is 1. The average molecular weight is 293 g/mol. The molecule has 1 aromatic heterocycles. The molecule has 1 aromatic carbocycles. The minimum Gasteiger partial charge on any atom is -0.497 e. The van der Waals surface area contributed by atoms with E-state index in [1.54, 1.807) is 12.5 Å². The van der Waals surface area contributed by atoms with Gasteiger partial charge in [0.15, 0.2) is 5.13 Å². The van der Waals surface area contributed by atoms with Crippen molar-refractivity contribution < 1.29 is 14.6 Å². The second-order valence-electron chi connectivity index (χ2n) is 4.13. The molecule has 0 spiro atoms. The maximum atomic E-state index is 10.8. The Morgan fingerprint density at radius 2 is 2.10 bits per heavy atom. The number of benzene rings is 1. The first kappa shape index (κ1) is 14.3. The van der Waals surface area contributed by atoms with Crippen molar-refractivity contribution in [2.75, 3.05) is 19.1 Å². The molecule has 0 aliphatic carbocycles. The normalized spacial score (nSPS) is 11.9. The van der Waals surface area contributed by atoms with E-state index in [1.165, 1.54) is 11.3 Å². The van der Waals surface area contributed by atoms with E-state index in [0.29, 0.717) is 10.8 Å². The standard InChI is InChI=1S/C13H15N3O3S/c1-16(8-3-5-9(19-2)6-4-8)13-15-10(7-20-13)11(14)12(17)18/h3-7,11H,14H2,1-2H3,(H,17,18). The largest absolute Gasteiger partial charge is 0.497 e. The number of ether oxygens (including phenoxy) is 1. The summed E-state index contributed by atoms with van der Waals surface area (Å²) in [5, 5.41) is 11.2. The van der Waals surface area contributed by atoms with Crippen LogP contribution in [0.15, 0.2) is 29.6 Å². The van der Waals surface area contributed by atoms with E-state index in [4.69, 9.17) is 15.6 Å². The van der Waals surface area contributed by atoms with E-state index in [-0.39, 0.29) is 0 Å². The summed E-state index contributed by atoms with van der Waals surface area (Å²) in [4.78, 5) is 17.0. The van der Waals surface area contributed by atoms with Crippen LogP contribution in [0.1, 0.15) is 11.7 Å². The van der Waals surface area contributed by atoms with Crippen LogP contribution in [-0.2, 0) is 4.79 Å². The Morgan fingerprint density at radius 1 is 1.45 bits per heavy atom. The molecule has 0 fully saturated rings. The number of hydrogen-bond donors (Lipinski definition) is 2. The lowest BCUT2D eigenvalue weighted by atomic mass is 10.2. The van der Waals surface area contributed by atoms with Gasteiger partial charge in [0.05, 0.1) is 12.8 Å². The van der Waals surface area contributed by atoms with Gasteiger partial charge in [-0.2, -0.15) is 0 Å². The lowest BCUT2D eigenvalue weighted by molar-refractivity contribution is -0.138. The van der Waals surface area contributed by atoms with Crippen LogP contribution in [0.2, 0.25) is 0 Å². The third-order valence-electron chi connectivity index (χ3n) is 2.84. The second kappa shape index (κ2) is 5.89. The Labute approximate surface area is 120 Å². The summed E-state index contributed by atoms with van der Waals surface area (Å²) in [6.45, 7) is 0. The van der Waals surface area contributed by atoms with Crippen molar-refractivity contribution in [3.05, 3.63) is 35.3 Å². The van der Waals surface area contributed by atoms with E-state index >= 15 is 0 Å². The molecule has 2 rings (SSSR count). The van der Waals surface area contributed by atoms with Crippen LogP contribution in [0, 0.1) is 0 Å². The van der Waals surface area contributed by atoms with Crippen LogP contribution in [0.25, 0.3) is 0 Å². The number of methoxy groups -OCH3 is 1. The van der Waals surface area contributed by atoms with Crippen molar-refractivity contribution in [3.8, 4) is 5.75 Å². The van der Waals surface area contributed by atoms with Crippen LogP contribution in [0.3, 0.4) is 0 Å². The van der Waals surface area contributed by atoms with E-state index in [0.717, 1.165) is 11.4 Å². The molecule has 0 aliphatic rings. The SMILES string of the molecule is COc1ccc(N(C)c2nc(C(N)C(=O)O)cs2)cc1. The fourth-order valence-electron chi connectivity index (χ4n) is 1.62.